The Labute approximate surface area is 144 Å². The molecule has 2 rings (SSSR count). The summed E-state index contributed by atoms with van der Waals surface area (Å²) in [4.78, 5) is 0. The Morgan fingerprint density at radius 1 is 1.08 bits per heavy atom. The molecular formula is C20H27NO3. The molecule has 130 valence electrons. The van der Waals surface area contributed by atoms with Crippen molar-refractivity contribution in [3.8, 4) is 11.5 Å². The first-order chi connectivity index (χ1) is 11.7. The number of ether oxygens (including phenoxy) is 2. The highest BCUT2D eigenvalue weighted by Crippen LogP contribution is 2.32. The lowest BCUT2D eigenvalue weighted by atomic mass is 10.1. The molecule has 0 saturated heterocycles. The molecule has 0 saturated carbocycles. The number of methoxy groups -OCH3 is 1. The molecule has 0 aliphatic carbocycles. The molecular weight excluding hydrogens is 302 g/mol. The molecule has 0 aromatic heterocycles. The van der Waals surface area contributed by atoms with Crippen LogP contribution in [0.15, 0.2) is 42.5 Å². The molecule has 4 heteroatoms. The lowest BCUT2D eigenvalue weighted by molar-refractivity contribution is 0.236. The summed E-state index contributed by atoms with van der Waals surface area (Å²) in [6, 6.07) is 14.2. The van der Waals surface area contributed by atoms with Crippen LogP contribution in [0.5, 0.6) is 11.5 Å². The molecule has 2 N–H and O–H groups in total. The predicted octanol–water partition coefficient (Wildman–Crippen LogP) is 3.44. The second-order valence-corrected chi connectivity index (χ2v) is 5.83. The third-order valence-electron chi connectivity index (χ3n) is 4.21. The fraction of sp³-hybridized carbons (Fsp3) is 0.400. The number of aliphatic hydroxyl groups excluding tert-OH is 1. The van der Waals surface area contributed by atoms with Crippen LogP contribution in [0.2, 0.25) is 0 Å². The van der Waals surface area contributed by atoms with Crippen molar-refractivity contribution in [2.75, 3.05) is 13.7 Å². The molecule has 0 aliphatic rings. The van der Waals surface area contributed by atoms with E-state index >= 15 is 0 Å². The van der Waals surface area contributed by atoms with E-state index in [1.807, 2.05) is 30.3 Å². The van der Waals surface area contributed by atoms with Crippen molar-refractivity contribution in [1.29, 1.82) is 0 Å². The lowest BCUT2D eigenvalue weighted by Crippen LogP contribution is -2.31. The molecule has 0 aliphatic heterocycles. The third-order valence-corrected chi connectivity index (χ3v) is 4.21. The average molecular weight is 329 g/mol. The summed E-state index contributed by atoms with van der Waals surface area (Å²) in [6.45, 7) is 5.38. The minimum Gasteiger partial charge on any atom is -0.493 e. The van der Waals surface area contributed by atoms with E-state index in [4.69, 9.17) is 9.47 Å². The van der Waals surface area contributed by atoms with Crippen molar-refractivity contribution < 1.29 is 14.6 Å². The van der Waals surface area contributed by atoms with Crippen molar-refractivity contribution in [3.63, 3.8) is 0 Å². The van der Waals surface area contributed by atoms with Crippen LogP contribution in [0.4, 0.5) is 0 Å². The zero-order valence-corrected chi connectivity index (χ0v) is 14.7. The van der Waals surface area contributed by atoms with Gasteiger partial charge < -0.3 is 19.9 Å². The molecule has 4 nitrogen and oxygen atoms in total. The first-order valence-corrected chi connectivity index (χ1v) is 8.37. The summed E-state index contributed by atoms with van der Waals surface area (Å²) in [5, 5.41) is 12.7. The molecule has 24 heavy (non-hydrogen) atoms. The van der Waals surface area contributed by atoms with E-state index in [-0.39, 0.29) is 12.6 Å². The zero-order valence-electron chi connectivity index (χ0n) is 14.7. The highest BCUT2D eigenvalue weighted by molar-refractivity contribution is 5.47. The van der Waals surface area contributed by atoms with E-state index in [9.17, 15) is 5.11 Å². The van der Waals surface area contributed by atoms with E-state index in [1.165, 1.54) is 5.56 Å². The van der Waals surface area contributed by atoms with E-state index in [0.717, 1.165) is 29.0 Å². The lowest BCUT2D eigenvalue weighted by Gasteiger charge is -2.18. The van der Waals surface area contributed by atoms with Gasteiger partial charge in [-0.05, 0) is 30.5 Å². The number of benzene rings is 2. The Kier molecular flexibility index (Phi) is 7.09. The van der Waals surface area contributed by atoms with Gasteiger partial charge >= 0.3 is 0 Å². The maximum atomic E-state index is 9.34. The molecule has 0 amide bonds. The van der Waals surface area contributed by atoms with Gasteiger partial charge in [0.25, 0.3) is 0 Å². The summed E-state index contributed by atoms with van der Waals surface area (Å²) in [6.07, 6.45) is 0.875. The van der Waals surface area contributed by atoms with Crippen LogP contribution < -0.4 is 14.8 Å². The van der Waals surface area contributed by atoms with Crippen molar-refractivity contribution in [1.82, 2.24) is 5.32 Å². The minimum absolute atomic E-state index is 0.0837. The van der Waals surface area contributed by atoms with E-state index in [1.54, 1.807) is 7.11 Å². The van der Waals surface area contributed by atoms with E-state index in [2.05, 4.69) is 31.3 Å². The molecule has 0 radical (unpaired) electrons. The molecule has 1 atom stereocenters. The first-order valence-electron chi connectivity index (χ1n) is 8.37. The minimum atomic E-state index is 0.0837. The number of rotatable bonds is 9. The zero-order chi connectivity index (χ0) is 17.4. The molecule has 0 bridgehead atoms. The van der Waals surface area contributed by atoms with E-state index < -0.39 is 0 Å². The largest absolute Gasteiger partial charge is 0.493 e. The standard InChI is InChI=1S/C20H27NO3/c1-4-18(13-22)21-12-16-10-7-11-19(23-3)20(16)24-14-17-9-6-5-8-15(17)2/h5-11,18,21-22H,4,12-14H2,1-3H3. The average Bonchev–Trinajstić information content (AvgIpc) is 2.62. The number of hydrogen-bond donors (Lipinski definition) is 2. The maximum Gasteiger partial charge on any atom is 0.166 e. The molecule has 0 fully saturated rings. The fourth-order valence-electron chi connectivity index (χ4n) is 2.54. The van der Waals surface area contributed by atoms with Crippen LogP contribution in [-0.4, -0.2) is 24.9 Å². The van der Waals surface area contributed by atoms with Crippen LogP contribution in [0.1, 0.15) is 30.0 Å². The van der Waals surface area contributed by atoms with Gasteiger partial charge in [0.15, 0.2) is 11.5 Å². The van der Waals surface area contributed by atoms with Gasteiger partial charge in [-0.15, -0.1) is 0 Å². The number of para-hydroxylation sites is 1. The van der Waals surface area contributed by atoms with Crippen LogP contribution >= 0.6 is 0 Å². The van der Waals surface area contributed by atoms with Gasteiger partial charge in [-0.25, -0.2) is 0 Å². The monoisotopic (exact) mass is 329 g/mol. The van der Waals surface area contributed by atoms with Gasteiger partial charge in [-0.3, -0.25) is 0 Å². The number of hydrogen-bond acceptors (Lipinski definition) is 4. The van der Waals surface area contributed by atoms with Crippen molar-refractivity contribution in [2.45, 2.75) is 39.5 Å². The Morgan fingerprint density at radius 3 is 2.50 bits per heavy atom. The molecule has 0 heterocycles. The van der Waals surface area contributed by atoms with Crippen molar-refractivity contribution >= 4 is 0 Å². The topological polar surface area (TPSA) is 50.7 Å². The van der Waals surface area contributed by atoms with E-state index in [0.29, 0.717) is 13.2 Å². The molecule has 2 aromatic carbocycles. The van der Waals surface area contributed by atoms with Crippen LogP contribution in [-0.2, 0) is 13.2 Å². The first kappa shape index (κ1) is 18.3. The molecule has 2 aromatic rings. The summed E-state index contributed by atoms with van der Waals surface area (Å²) in [7, 11) is 1.65. The summed E-state index contributed by atoms with van der Waals surface area (Å²) in [5.41, 5.74) is 3.39. The highest BCUT2D eigenvalue weighted by atomic mass is 16.5. The summed E-state index contributed by atoms with van der Waals surface area (Å²) in [5.74, 6) is 1.48. The van der Waals surface area contributed by atoms with Crippen molar-refractivity contribution in [3.05, 3.63) is 59.2 Å². The Bertz CT molecular complexity index is 639. The van der Waals surface area contributed by atoms with Gasteiger partial charge in [0.05, 0.1) is 13.7 Å². The van der Waals surface area contributed by atoms with Crippen LogP contribution in [0, 0.1) is 6.92 Å². The molecule has 1 unspecified atom stereocenters. The second kappa shape index (κ2) is 9.30. The van der Waals surface area contributed by atoms with Gasteiger partial charge in [-0.2, -0.15) is 0 Å². The number of aliphatic hydroxyl groups is 1. The predicted molar refractivity (Wildman–Crippen MR) is 96.5 cm³/mol. The number of aryl methyl sites for hydroxylation is 1. The second-order valence-electron chi connectivity index (χ2n) is 5.83. The number of nitrogens with one attached hydrogen (secondary N) is 1. The summed E-state index contributed by atoms with van der Waals surface area (Å²) < 4.78 is 11.6. The van der Waals surface area contributed by atoms with Gasteiger partial charge in [0, 0.05) is 18.2 Å². The normalized spacial score (nSPS) is 12.0. The van der Waals surface area contributed by atoms with Gasteiger partial charge in [-0.1, -0.05) is 43.3 Å². The Morgan fingerprint density at radius 2 is 1.83 bits per heavy atom. The Hall–Kier alpha value is -2.04. The maximum absolute atomic E-state index is 9.34. The third kappa shape index (κ3) is 4.73. The van der Waals surface area contributed by atoms with Crippen LogP contribution in [0.3, 0.4) is 0 Å². The summed E-state index contributed by atoms with van der Waals surface area (Å²) >= 11 is 0. The quantitative estimate of drug-likeness (QED) is 0.740. The van der Waals surface area contributed by atoms with Gasteiger partial charge in [0.1, 0.15) is 6.61 Å². The fourth-order valence-corrected chi connectivity index (χ4v) is 2.54. The highest BCUT2D eigenvalue weighted by Gasteiger charge is 2.13. The SMILES string of the molecule is CCC(CO)NCc1cccc(OC)c1OCc1ccccc1C. The van der Waals surface area contributed by atoms with Gasteiger partial charge in [0.2, 0.25) is 0 Å². The van der Waals surface area contributed by atoms with Crippen molar-refractivity contribution in [2.24, 2.45) is 0 Å². The smallest absolute Gasteiger partial charge is 0.166 e. The molecule has 0 spiro atoms. The van der Waals surface area contributed by atoms with Crippen LogP contribution in [0.25, 0.3) is 0 Å². The Balaban J connectivity index is 2.15.